The molecular formula is C10H22Cl2O4P+. The number of hydrogen-bond donors (Lipinski definition) is 3. The average Bonchev–Trinajstić information content (AvgIpc) is 2.14. The van der Waals surface area contributed by atoms with Crippen molar-refractivity contribution in [2.45, 2.75) is 56.9 Å². The molecule has 0 aromatic carbocycles. The van der Waals surface area contributed by atoms with Gasteiger partial charge in [-0.25, -0.2) is 0 Å². The van der Waals surface area contributed by atoms with Gasteiger partial charge in [0.15, 0.2) is 0 Å². The van der Waals surface area contributed by atoms with E-state index in [2.05, 4.69) is 0 Å². The molecule has 0 aliphatic rings. The van der Waals surface area contributed by atoms with Crippen LogP contribution in [0.5, 0.6) is 0 Å². The lowest BCUT2D eigenvalue weighted by Gasteiger charge is -2.22. The molecule has 7 heteroatoms. The van der Waals surface area contributed by atoms with Crippen LogP contribution in [0.1, 0.15) is 40.0 Å². The summed E-state index contributed by atoms with van der Waals surface area (Å²) in [6, 6.07) is 0. The van der Waals surface area contributed by atoms with Crippen LogP contribution < -0.4 is 0 Å². The summed E-state index contributed by atoms with van der Waals surface area (Å²) in [5.41, 5.74) is 0. The minimum Gasteiger partial charge on any atom is -0.393 e. The summed E-state index contributed by atoms with van der Waals surface area (Å²) < 4.78 is 8.70. The molecule has 0 amide bonds. The first-order valence-electron chi connectivity index (χ1n) is 5.51. The van der Waals surface area contributed by atoms with Gasteiger partial charge in [-0.1, -0.05) is 6.92 Å². The van der Waals surface area contributed by atoms with E-state index in [-0.39, 0.29) is 16.9 Å². The van der Waals surface area contributed by atoms with Crippen molar-refractivity contribution < 1.29 is 19.5 Å². The minimum atomic E-state index is -2.87. The van der Waals surface area contributed by atoms with Crippen LogP contribution in [-0.2, 0) is 4.57 Å². The van der Waals surface area contributed by atoms with E-state index in [1.54, 1.807) is 0 Å². The van der Waals surface area contributed by atoms with Gasteiger partial charge in [0.05, 0.1) is 6.10 Å². The van der Waals surface area contributed by atoms with Gasteiger partial charge in [-0.15, -0.1) is 33.0 Å². The highest BCUT2D eigenvalue weighted by molar-refractivity contribution is 7.30. The Kier molecular flexibility index (Phi) is 13.6. The van der Waals surface area contributed by atoms with Crippen molar-refractivity contribution in [1.82, 2.24) is 0 Å². The lowest BCUT2D eigenvalue weighted by molar-refractivity contribution is 0.135. The standard InChI is InChI=1S/C10H20Cl2O.HO3P/c1-4-10(13)6-9(8(3)12)5-7(2)11;1-4(2)3/h7-10,13H,4-6H2,1-3H3;(H-,1,2,3)/p+1. The molecule has 4 unspecified atom stereocenters. The lowest BCUT2D eigenvalue weighted by atomic mass is 9.93. The predicted octanol–water partition coefficient (Wildman–Crippen LogP) is 3.04. The Morgan fingerprint density at radius 1 is 1.18 bits per heavy atom. The van der Waals surface area contributed by atoms with Gasteiger partial charge in [0.25, 0.3) is 0 Å². The Balaban J connectivity index is 0. The van der Waals surface area contributed by atoms with Crippen molar-refractivity contribution in [2.24, 2.45) is 5.92 Å². The van der Waals surface area contributed by atoms with Gasteiger partial charge < -0.3 is 5.11 Å². The summed E-state index contributed by atoms with van der Waals surface area (Å²) in [7, 11) is -2.87. The van der Waals surface area contributed by atoms with Crippen LogP contribution >= 0.6 is 31.5 Å². The van der Waals surface area contributed by atoms with Crippen LogP contribution in [0.15, 0.2) is 0 Å². The summed E-state index contributed by atoms with van der Waals surface area (Å²) in [6.45, 7) is 5.91. The van der Waals surface area contributed by atoms with Gasteiger partial charge >= 0.3 is 8.25 Å². The van der Waals surface area contributed by atoms with Gasteiger partial charge in [0, 0.05) is 15.3 Å². The molecule has 0 saturated carbocycles. The lowest BCUT2D eigenvalue weighted by Crippen LogP contribution is -2.21. The molecule has 0 aromatic heterocycles. The summed E-state index contributed by atoms with van der Waals surface area (Å²) in [6.07, 6.45) is 2.19. The Hall–Kier alpha value is 0.560. The highest BCUT2D eigenvalue weighted by Crippen LogP contribution is 2.24. The van der Waals surface area contributed by atoms with E-state index in [1.165, 1.54) is 0 Å². The van der Waals surface area contributed by atoms with Gasteiger partial charge in [0.1, 0.15) is 0 Å². The molecule has 3 N–H and O–H groups in total. The number of hydrogen-bond acceptors (Lipinski definition) is 2. The molecule has 0 bridgehead atoms. The van der Waals surface area contributed by atoms with Crippen LogP contribution in [0, 0.1) is 5.92 Å². The Labute approximate surface area is 114 Å². The highest BCUT2D eigenvalue weighted by Gasteiger charge is 2.20. The Morgan fingerprint density at radius 2 is 1.59 bits per heavy atom. The quantitative estimate of drug-likeness (QED) is 0.520. The molecule has 0 aliphatic carbocycles. The number of alkyl halides is 2. The summed E-state index contributed by atoms with van der Waals surface area (Å²) in [4.78, 5) is 14.2. The second-order valence-corrected chi connectivity index (χ2v) is 5.94. The monoisotopic (exact) mass is 307 g/mol. The van der Waals surface area contributed by atoms with Gasteiger partial charge in [-0.2, -0.15) is 0 Å². The largest absolute Gasteiger partial charge is 0.692 e. The van der Waals surface area contributed by atoms with Crippen molar-refractivity contribution in [3.8, 4) is 0 Å². The molecule has 17 heavy (non-hydrogen) atoms. The minimum absolute atomic E-state index is 0.0856. The summed E-state index contributed by atoms with van der Waals surface area (Å²) in [5.74, 6) is 0.323. The van der Waals surface area contributed by atoms with Crippen LogP contribution in [0.2, 0.25) is 0 Å². The molecule has 0 saturated heterocycles. The van der Waals surface area contributed by atoms with Crippen LogP contribution in [-0.4, -0.2) is 31.8 Å². The first-order chi connectivity index (χ1) is 7.70. The van der Waals surface area contributed by atoms with E-state index in [0.717, 1.165) is 19.3 Å². The maximum absolute atomic E-state index is 9.49. The smallest absolute Gasteiger partial charge is 0.393 e. The number of aliphatic hydroxyl groups excluding tert-OH is 1. The molecule has 0 fully saturated rings. The first-order valence-corrected chi connectivity index (χ1v) is 7.55. The molecule has 0 aliphatic heterocycles. The van der Waals surface area contributed by atoms with E-state index in [0.29, 0.717) is 5.92 Å². The second-order valence-electron chi connectivity index (χ2n) is 4.00. The molecule has 0 spiro atoms. The average molecular weight is 308 g/mol. The van der Waals surface area contributed by atoms with E-state index >= 15 is 0 Å². The number of rotatable bonds is 6. The summed E-state index contributed by atoms with van der Waals surface area (Å²) in [5, 5.41) is 9.71. The molecular weight excluding hydrogens is 286 g/mol. The normalized spacial score (nSPS) is 17.4. The summed E-state index contributed by atoms with van der Waals surface area (Å²) >= 11 is 11.9. The fourth-order valence-corrected chi connectivity index (χ4v) is 1.84. The Morgan fingerprint density at radius 3 is 1.82 bits per heavy atom. The number of halogens is 2. The van der Waals surface area contributed by atoms with Crippen LogP contribution in [0.3, 0.4) is 0 Å². The van der Waals surface area contributed by atoms with Crippen molar-refractivity contribution in [1.29, 1.82) is 0 Å². The molecule has 4 atom stereocenters. The predicted molar refractivity (Wildman–Crippen MR) is 71.7 cm³/mol. The first kappa shape index (κ1) is 19.9. The van der Waals surface area contributed by atoms with Gasteiger partial charge in [-0.3, -0.25) is 0 Å². The maximum Gasteiger partial charge on any atom is 0.692 e. The van der Waals surface area contributed by atoms with Gasteiger partial charge in [-0.05, 0) is 39.0 Å². The SMILES string of the molecule is CCC(O)CC(CC(C)Cl)C(C)Cl.O=[P+](O)O. The third-order valence-electron chi connectivity index (χ3n) is 2.32. The molecule has 4 nitrogen and oxygen atoms in total. The van der Waals surface area contributed by atoms with Crippen molar-refractivity contribution in [2.75, 3.05) is 0 Å². The molecule has 0 heterocycles. The zero-order valence-corrected chi connectivity index (χ0v) is 12.8. The third kappa shape index (κ3) is 16.6. The maximum atomic E-state index is 9.49. The fraction of sp³-hybridized carbons (Fsp3) is 1.00. The molecule has 104 valence electrons. The topological polar surface area (TPSA) is 77.8 Å². The molecule has 0 radical (unpaired) electrons. The van der Waals surface area contributed by atoms with E-state index in [4.69, 9.17) is 37.6 Å². The van der Waals surface area contributed by atoms with E-state index in [1.807, 2.05) is 20.8 Å². The molecule has 0 aromatic rings. The van der Waals surface area contributed by atoms with Crippen molar-refractivity contribution >= 4 is 31.5 Å². The van der Waals surface area contributed by atoms with Crippen LogP contribution in [0.4, 0.5) is 0 Å². The highest BCUT2D eigenvalue weighted by atomic mass is 35.5. The van der Waals surface area contributed by atoms with E-state index < -0.39 is 8.25 Å². The van der Waals surface area contributed by atoms with Crippen LogP contribution in [0.25, 0.3) is 0 Å². The van der Waals surface area contributed by atoms with E-state index in [9.17, 15) is 5.11 Å². The zero-order valence-electron chi connectivity index (χ0n) is 10.4. The zero-order chi connectivity index (χ0) is 14.0. The van der Waals surface area contributed by atoms with Crippen molar-refractivity contribution in [3.63, 3.8) is 0 Å². The Bertz CT molecular complexity index is 199. The van der Waals surface area contributed by atoms with Gasteiger partial charge in [0.2, 0.25) is 0 Å². The molecule has 0 rings (SSSR count). The second kappa shape index (κ2) is 11.6. The fourth-order valence-electron chi connectivity index (χ4n) is 1.40. The third-order valence-corrected chi connectivity index (χ3v) is 2.86. The van der Waals surface area contributed by atoms with Crippen molar-refractivity contribution in [3.05, 3.63) is 0 Å². The number of aliphatic hydroxyl groups is 1.